The number of furan rings is 1. The van der Waals surface area contributed by atoms with Gasteiger partial charge in [-0.25, -0.2) is 0 Å². The molecule has 0 saturated carbocycles. The molecule has 0 spiro atoms. The zero-order valence-electron chi connectivity index (χ0n) is 25.2. The molecule has 0 aliphatic rings. The number of hydrogen-bond donors (Lipinski definition) is 0. The van der Waals surface area contributed by atoms with E-state index < -0.39 is 0 Å². The number of hydrogen-bond acceptors (Lipinski definition) is 2. The molecule has 0 atom stereocenters. The highest BCUT2D eigenvalue weighted by molar-refractivity contribution is 6.24. The van der Waals surface area contributed by atoms with Crippen LogP contribution in [0.15, 0.2) is 156 Å². The summed E-state index contributed by atoms with van der Waals surface area (Å²) in [5.41, 5.74) is 10.9. The van der Waals surface area contributed by atoms with Crippen LogP contribution in [0, 0.1) is 11.3 Å². The van der Waals surface area contributed by atoms with E-state index in [9.17, 15) is 5.26 Å². The standard InChI is InChI=1S/C43H25N3O/c44-26-27-21-22-32(30-13-3-8-18-37(30)45-35-16-6-1-11-28(35)29-12-2-7-17-36(29)45)39(25-27)46-38-19-9-4-14-31(38)33-23-24-41-42(43(33)46)34-15-5-10-20-40(34)47-41/h1-25H. The average molecular weight is 600 g/mol. The van der Waals surface area contributed by atoms with E-state index in [-0.39, 0.29) is 0 Å². The second-order valence-electron chi connectivity index (χ2n) is 12.0. The van der Waals surface area contributed by atoms with Crippen molar-refractivity contribution < 1.29 is 4.42 Å². The summed E-state index contributed by atoms with van der Waals surface area (Å²) in [6.45, 7) is 0. The molecule has 0 aliphatic carbocycles. The molecular weight excluding hydrogens is 574 g/mol. The highest BCUT2D eigenvalue weighted by atomic mass is 16.3. The Labute approximate surface area is 269 Å². The fourth-order valence-corrected chi connectivity index (χ4v) is 7.61. The summed E-state index contributed by atoms with van der Waals surface area (Å²) < 4.78 is 11.1. The third-order valence-corrected chi connectivity index (χ3v) is 9.56. The SMILES string of the molecule is N#Cc1ccc(-c2ccccc2-n2c3ccccc3c3ccccc32)c(-n2c3ccccc3c3ccc4oc5ccccc5c4c32)c1. The molecule has 0 N–H and O–H groups in total. The molecule has 0 bridgehead atoms. The number of benzene rings is 7. The zero-order chi connectivity index (χ0) is 31.1. The van der Waals surface area contributed by atoms with Crippen molar-refractivity contribution in [3.63, 3.8) is 0 Å². The van der Waals surface area contributed by atoms with E-state index in [0.29, 0.717) is 5.56 Å². The Morgan fingerprint density at radius 2 is 1.02 bits per heavy atom. The van der Waals surface area contributed by atoms with Crippen LogP contribution in [0.5, 0.6) is 0 Å². The fraction of sp³-hybridized carbons (Fsp3) is 0. The van der Waals surface area contributed by atoms with Crippen LogP contribution in [0.4, 0.5) is 0 Å². The quantitative estimate of drug-likeness (QED) is 0.203. The number of para-hydroxylation sites is 5. The predicted octanol–water partition coefficient (Wildman–Crippen LogP) is 11.3. The van der Waals surface area contributed by atoms with Crippen molar-refractivity contribution >= 4 is 65.6 Å². The molecule has 7 aromatic carbocycles. The van der Waals surface area contributed by atoms with Gasteiger partial charge in [0.05, 0.1) is 50.5 Å². The van der Waals surface area contributed by atoms with Crippen LogP contribution in [0.1, 0.15) is 5.56 Å². The number of nitrogens with zero attached hydrogens (tertiary/aromatic N) is 3. The topological polar surface area (TPSA) is 46.8 Å². The van der Waals surface area contributed by atoms with Gasteiger partial charge in [0.15, 0.2) is 0 Å². The van der Waals surface area contributed by atoms with Crippen LogP contribution in [-0.4, -0.2) is 9.13 Å². The van der Waals surface area contributed by atoms with Crippen LogP contribution in [0.25, 0.3) is 88.1 Å². The molecule has 0 unspecified atom stereocenters. The largest absolute Gasteiger partial charge is 0.456 e. The van der Waals surface area contributed by atoms with Crippen LogP contribution in [0.3, 0.4) is 0 Å². The molecular formula is C43H25N3O. The van der Waals surface area contributed by atoms with E-state index in [1.54, 1.807) is 0 Å². The maximum absolute atomic E-state index is 10.2. The van der Waals surface area contributed by atoms with Crippen LogP contribution in [0.2, 0.25) is 0 Å². The third-order valence-electron chi connectivity index (χ3n) is 9.56. The van der Waals surface area contributed by atoms with Gasteiger partial charge in [-0.15, -0.1) is 0 Å². The maximum Gasteiger partial charge on any atom is 0.137 e. The van der Waals surface area contributed by atoms with Crippen molar-refractivity contribution in [2.75, 3.05) is 0 Å². The fourth-order valence-electron chi connectivity index (χ4n) is 7.61. The molecule has 0 fully saturated rings. The third kappa shape index (κ3) is 3.57. The Morgan fingerprint density at radius 1 is 0.447 bits per heavy atom. The summed E-state index contributed by atoms with van der Waals surface area (Å²) in [6, 6.07) is 55.3. The monoisotopic (exact) mass is 599 g/mol. The number of rotatable bonds is 3. The van der Waals surface area contributed by atoms with Gasteiger partial charge in [-0.2, -0.15) is 5.26 Å². The van der Waals surface area contributed by atoms with E-state index >= 15 is 0 Å². The van der Waals surface area contributed by atoms with Crippen LogP contribution in [-0.2, 0) is 0 Å². The number of nitriles is 1. The smallest absolute Gasteiger partial charge is 0.137 e. The second-order valence-corrected chi connectivity index (χ2v) is 12.0. The van der Waals surface area contributed by atoms with Gasteiger partial charge in [0.25, 0.3) is 0 Å². The molecule has 3 aromatic heterocycles. The Bertz CT molecular complexity index is 2880. The van der Waals surface area contributed by atoms with Crippen molar-refractivity contribution in [3.05, 3.63) is 157 Å². The maximum atomic E-state index is 10.2. The van der Waals surface area contributed by atoms with Crippen molar-refractivity contribution in [1.82, 2.24) is 9.13 Å². The lowest BCUT2D eigenvalue weighted by Gasteiger charge is -2.19. The summed E-state index contributed by atoms with van der Waals surface area (Å²) in [6.07, 6.45) is 0. The molecule has 47 heavy (non-hydrogen) atoms. The minimum Gasteiger partial charge on any atom is -0.456 e. The van der Waals surface area contributed by atoms with Gasteiger partial charge in [-0.05, 0) is 54.6 Å². The van der Waals surface area contributed by atoms with Crippen molar-refractivity contribution in [3.8, 4) is 28.6 Å². The van der Waals surface area contributed by atoms with Crippen molar-refractivity contribution in [2.45, 2.75) is 0 Å². The summed E-state index contributed by atoms with van der Waals surface area (Å²) in [5.74, 6) is 0. The van der Waals surface area contributed by atoms with Gasteiger partial charge in [0.2, 0.25) is 0 Å². The highest BCUT2D eigenvalue weighted by Gasteiger charge is 2.23. The Hall–Kier alpha value is -6.57. The molecule has 0 saturated heterocycles. The summed E-state index contributed by atoms with van der Waals surface area (Å²) in [4.78, 5) is 0. The molecule has 10 aromatic rings. The lowest BCUT2D eigenvalue weighted by Crippen LogP contribution is -2.02. The van der Waals surface area contributed by atoms with E-state index in [1.807, 2.05) is 24.3 Å². The van der Waals surface area contributed by atoms with Gasteiger partial charge in [-0.1, -0.05) is 97.1 Å². The normalized spacial score (nSPS) is 11.8. The molecule has 4 heteroatoms. The van der Waals surface area contributed by atoms with E-state index in [4.69, 9.17) is 4.42 Å². The zero-order valence-corrected chi connectivity index (χ0v) is 25.2. The van der Waals surface area contributed by atoms with Gasteiger partial charge in [-0.3, -0.25) is 0 Å². The molecule has 0 aliphatic heterocycles. The minimum atomic E-state index is 0.605. The van der Waals surface area contributed by atoms with E-state index in [1.165, 1.54) is 10.8 Å². The molecule has 0 radical (unpaired) electrons. The highest BCUT2D eigenvalue weighted by Crippen LogP contribution is 2.44. The van der Waals surface area contributed by atoms with Crippen LogP contribution < -0.4 is 0 Å². The first-order valence-corrected chi connectivity index (χ1v) is 15.8. The van der Waals surface area contributed by atoms with E-state index in [0.717, 1.165) is 77.3 Å². The van der Waals surface area contributed by atoms with Crippen LogP contribution >= 0.6 is 0 Å². The molecule has 0 amide bonds. The van der Waals surface area contributed by atoms with Gasteiger partial charge < -0.3 is 13.6 Å². The summed E-state index contributed by atoms with van der Waals surface area (Å²) in [5, 5.41) is 17.1. The second kappa shape index (κ2) is 9.71. The number of aromatic nitrogens is 2. The van der Waals surface area contributed by atoms with Gasteiger partial charge in [0, 0.05) is 38.1 Å². The van der Waals surface area contributed by atoms with Crippen molar-refractivity contribution in [1.29, 1.82) is 5.26 Å². The Morgan fingerprint density at radius 3 is 1.74 bits per heavy atom. The van der Waals surface area contributed by atoms with Crippen molar-refractivity contribution in [2.24, 2.45) is 0 Å². The first kappa shape index (κ1) is 25.7. The van der Waals surface area contributed by atoms with E-state index in [2.05, 4.69) is 143 Å². The molecule has 10 rings (SSSR count). The average Bonchev–Trinajstić information content (AvgIpc) is 3.79. The predicted molar refractivity (Wildman–Crippen MR) is 193 cm³/mol. The van der Waals surface area contributed by atoms with Gasteiger partial charge >= 0.3 is 0 Å². The lowest BCUT2D eigenvalue weighted by atomic mass is 9.99. The lowest BCUT2D eigenvalue weighted by molar-refractivity contribution is 0.669. The summed E-state index contributed by atoms with van der Waals surface area (Å²) >= 11 is 0. The Balaban J connectivity index is 1.36. The molecule has 3 heterocycles. The van der Waals surface area contributed by atoms with Gasteiger partial charge in [0.1, 0.15) is 11.2 Å². The molecule has 4 nitrogen and oxygen atoms in total. The molecule has 218 valence electrons. The summed E-state index contributed by atoms with van der Waals surface area (Å²) in [7, 11) is 0. The minimum absolute atomic E-state index is 0.605. The Kier molecular flexibility index (Phi) is 5.32. The first-order chi connectivity index (χ1) is 23.3. The first-order valence-electron chi connectivity index (χ1n) is 15.8. The number of fused-ring (bicyclic) bond motifs is 10.